The molecule has 1 aromatic carbocycles. The number of hydrogen-bond donors (Lipinski definition) is 0. The SMILES string of the molecule is CCCCCCc1ccc2c(c1)[C@H]1C[C@H]3[C@H](CCCN3S(C)(=O)=O)CN1CC2. The lowest BCUT2D eigenvalue weighted by Gasteiger charge is -2.51. The summed E-state index contributed by atoms with van der Waals surface area (Å²) in [5.41, 5.74) is 4.43. The zero-order valence-electron chi connectivity index (χ0n) is 17.6. The molecule has 3 heterocycles. The highest BCUT2D eigenvalue weighted by Crippen LogP contribution is 2.43. The van der Waals surface area contributed by atoms with Crippen LogP contribution in [0, 0.1) is 5.92 Å². The standard InChI is InChI=1S/C23H36N2O2S/c1-3-4-5-6-8-18-10-11-19-12-14-24-17-20-9-7-13-25(28(2,26)27)22(20)16-23(24)21(19)15-18/h10-11,15,20,22-23H,3-9,12-14,16-17H2,1-2H3/t20-,22+,23-/m1/s1. The Morgan fingerprint density at radius 2 is 2.00 bits per heavy atom. The number of fused-ring (bicyclic) bond motifs is 4. The van der Waals surface area contributed by atoms with Crippen molar-refractivity contribution in [2.45, 2.75) is 76.8 Å². The third-order valence-electron chi connectivity index (χ3n) is 7.22. The minimum Gasteiger partial charge on any atom is -0.296 e. The third-order valence-corrected chi connectivity index (χ3v) is 8.53. The fourth-order valence-electron chi connectivity index (χ4n) is 5.77. The molecule has 0 unspecified atom stereocenters. The topological polar surface area (TPSA) is 40.6 Å². The largest absolute Gasteiger partial charge is 0.296 e. The Labute approximate surface area is 171 Å². The monoisotopic (exact) mass is 404 g/mol. The molecular weight excluding hydrogens is 368 g/mol. The molecule has 0 spiro atoms. The van der Waals surface area contributed by atoms with Gasteiger partial charge < -0.3 is 0 Å². The van der Waals surface area contributed by atoms with Gasteiger partial charge in [-0.25, -0.2) is 8.42 Å². The summed E-state index contributed by atoms with van der Waals surface area (Å²) in [6.45, 7) is 5.14. The van der Waals surface area contributed by atoms with E-state index in [9.17, 15) is 8.42 Å². The van der Waals surface area contributed by atoms with Gasteiger partial charge in [-0.1, -0.05) is 44.4 Å². The molecule has 3 atom stereocenters. The molecule has 0 N–H and O–H groups in total. The molecule has 3 aliphatic rings. The minimum absolute atomic E-state index is 0.184. The second-order valence-electron chi connectivity index (χ2n) is 9.18. The molecule has 5 heteroatoms. The van der Waals surface area contributed by atoms with E-state index in [1.165, 1.54) is 61.5 Å². The minimum atomic E-state index is -3.12. The molecule has 2 saturated heterocycles. The van der Waals surface area contributed by atoms with Gasteiger partial charge in [-0.15, -0.1) is 0 Å². The molecule has 0 saturated carbocycles. The summed E-state index contributed by atoms with van der Waals surface area (Å²) in [6, 6.07) is 7.71. The number of nitrogens with zero attached hydrogens (tertiary/aromatic N) is 2. The van der Waals surface area contributed by atoms with E-state index in [1.807, 2.05) is 4.31 Å². The maximum Gasteiger partial charge on any atom is 0.211 e. The van der Waals surface area contributed by atoms with Crippen LogP contribution in [-0.2, 0) is 22.9 Å². The Morgan fingerprint density at radius 3 is 2.79 bits per heavy atom. The van der Waals surface area contributed by atoms with Crippen molar-refractivity contribution in [2.24, 2.45) is 5.92 Å². The van der Waals surface area contributed by atoms with E-state index in [0.29, 0.717) is 18.5 Å². The molecule has 0 bridgehead atoms. The summed E-state index contributed by atoms with van der Waals surface area (Å²) in [5.74, 6) is 0.499. The van der Waals surface area contributed by atoms with Crippen molar-refractivity contribution in [1.82, 2.24) is 9.21 Å². The molecule has 0 aliphatic carbocycles. The van der Waals surface area contributed by atoms with Gasteiger partial charge in [0, 0.05) is 31.7 Å². The molecule has 28 heavy (non-hydrogen) atoms. The fourth-order valence-corrected chi connectivity index (χ4v) is 6.98. The van der Waals surface area contributed by atoms with Gasteiger partial charge in [-0.2, -0.15) is 4.31 Å². The first kappa shape index (κ1) is 20.4. The Morgan fingerprint density at radius 1 is 1.14 bits per heavy atom. The van der Waals surface area contributed by atoms with Gasteiger partial charge in [0.05, 0.1) is 6.26 Å². The highest BCUT2D eigenvalue weighted by atomic mass is 32.2. The third kappa shape index (κ3) is 4.17. The normalized spacial score (nSPS) is 28.4. The van der Waals surface area contributed by atoms with E-state index in [0.717, 1.165) is 32.4 Å². The van der Waals surface area contributed by atoms with Crippen LogP contribution >= 0.6 is 0 Å². The van der Waals surface area contributed by atoms with Crippen LogP contribution < -0.4 is 0 Å². The van der Waals surface area contributed by atoms with Crippen molar-refractivity contribution in [2.75, 3.05) is 25.9 Å². The van der Waals surface area contributed by atoms with Gasteiger partial charge in [-0.05, 0) is 61.1 Å². The molecule has 3 aliphatic heterocycles. The highest BCUT2D eigenvalue weighted by molar-refractivity contribution is 7.88. The van der Waals surface area contributed by atoms with Crippen LogP contribution in [0.5, 0.6) is 0 Å². The van der Waals surface area contributed by atoms with Crippen LogP contribution in [0.2, 0.25) is 0 Å². The van der Waals surface area contributed by atoms with Crippen LogP contribution in [0.1, 0.15) is 74.6 Å². The predicted molar refractivity (Wildman–Crippen MR) is 115 cm³/mol. The molecule has 1 aromatic rings. The number of unbranched alkanes of at least 4 members (excludes halogenated alkanes) is 3. The summed E-state index contributed by atoms with van der Waals surface area (Å²) >= 11 is 0. The first-order valence-electron chi connectivity index (χ1n) is 11.3. The van der Waals surface area contributed by atoms with Crippen molar-refractivity contribution >= 4 is 10.0 Å². The van der Waals surface area contributed by atoms with Gasteiger partial charge in [0.25, 0.3) is 0 Å². The highest BCUT2D eigenvalue weighted by Gasteiger charge is 2.44. The maximum absolute atomic E-state index is 12.4. The fraction of sp³-hybridized carbons (Fsp3) is 0.739. The summed E-state index contributed by atoms with van der Waals surface area (Å²) in [6.07, 6.45) is 12.0. The second kappa shape index (κ2) is 8.45. The number of benzene rings is 1. The van der Waals surface area contributed by atoms with E-state index < -0.39 is 10.0 Å². The van der Waals surface area contributed by atoms with Crippen LogP contribution in [-0.4, -0.2) is 49.6 Å². The molecule has 0 amide bonds. The molecule has 2 fully saturated rings. The van der Waals surface area contributed by atoms with E-state index in [1.54, 1.807) is 0 Å². The second-order valence-corrected chi connectivity index (χ2v) is 11.1. The smallest absolute Gasteiger partial charge is 0.211 e. The van der Waals surface area contributed by atoms with E-state index in [2.05, 4.69) is 30.0 Å². The lowest BCUT2D eigenvalue weighted by molar-refractivity contribution is 0.0222. The molecule has 156 valence electrons. The lowest BCUT2D eigenvalue weighted by Crippen LogP contribution is -2.57. The van der Waals surface area contributed by atoms with E-state index in [-0.39, 0.29) is 6.04 Å². The van der Waals surface area contributed by atoms with Gasteiger partial charge in [0.15, 0.2) is 0 Å². The Hall–Kier alpha value is -0.910. The van der Waals surface area contributed by atoms with Crippen molar-refractivity contribution < 1.29 is 8.42 Å². The van der Waals surface area contributed by atoms with E-state index in [4.69, 9.17) is 0 Å². The Balaban J connectivity index is 1.55. The lowest BCUT2D eigenvalue weighted by atomic mass is 9.77. The zero-order valence-corrected chi connectivity index (χ0v) is 18.4. The first-order chi connectivity index (χ1) is 13.5. The molecule has 4 nitrogen and oxygen atoms in total. The van der Waals surface area contributed by atoms with Gasteiger partial charge in [0.2, 0.25) is 10.0 Å². The van der Waals surface area contributed by atoms with Crippen molar-refractivity contribution in [3.05, 3.63) is 34.9 Å². The maximum atomic E-state index is 12.4. The van der Waals surface area contributed by atoms with Crippen LogP contribution in [0.4, 0.5) is 0 Å². The summed E-state index contributed by atoms with van der Waals surface area (Å²) in [7, 11) is -3.12. The quantitative estimate of drug-likeness (QED) is 0.669. The predicted octanol–water partition coefficient (Wildman–Crippen LogP) is 4.15. The summed E-state index contributed by atoms with van der Waals surface area (Å²) < 4.78 is 26.6. The number of rotatable bonds is 6. The Bertz CT molecular complexity index is 792. The summed E-state index contributed by atoms with van der Waals surface area (Å²) in [5, 5.41) is 0. The first-order valence-corrected chi connectivity index (χ1v) is 13.1. The number of hydrogen-bond acceptors (Lipinski definition) is 3. The number of sulfonamides is 1. The average molecular weight is 405 g/mol. The van der Waals surface area contributed by atoms with Gasteiger partial charge in [-0.3, -0.25) is 4.90 Å². The molecule has 0 aromatic heterocycles. The van der Waals surface area contributed by atoms with Crippen LogP contribution in [0.25, 0.3) is 0 Å². The van der Waals surface area contributed by atoms with Gasteiger partial charge >= 0.3 is 0 Å². The van der Waals surface area contributed by atoms with Crippen LogP contribution in [0.3, 0.4) is 0 Å². The van der Waals surface area contributed by atoms with Crippen molar-refractivity contribution in [3.63, 3.8) is 0 Å². The van der Waals surface area contributed by atoms with Crippen molar-refractivity contribution in [1.29, 1.82) is 0 Å². The van der Waals surface area contributed by atoms with Crippen molar-refractivity contribution in [3.8, 4) is 0 Å². The Kier molecular flexibility index (Phi) is 6.15. The summed E-state index contributed by atoms with van der Waals surface area (Å²) in [4.78, 5) is 2.65. The number of piperidine rings is 2. The van der Waals surface area contributed by atoms with E-state index >= 15 is 0 Å². The average Bonchev–Trinajstić information content (AvgIpc) is 2.68. The van der Waals surface area contributed by atoms with Crippen LogP contribution in [0.15, 0.2) is 18.2 Å². The molecule has 0 radical (unpaired) electrons. The molecular formula is C23H36N2O2S. The zero-order chi connectivity index (χ0) is 19.7. The number of aryl methyl sites for hydroxylation is 1. The van der Waals surface area contributed by atoms with Gasteiger partial charge in [0.1, 0.15) is 0 Å². The molecule has 4 rings (SSSR count).